The molecule has 0 bridgehead atoms. The summed E-state index contributed by atoms with van der Waals surface area (Å²) in [4.78, 5) is 8.39. The molecular formula is C15H17BrClN3O. The highest BCUT2D eigenvalue weighted by Gasteiger charge is 2.13. The highest BCUT2D eigenvalue weighted by molar-refractivity contribution is 9.10. The molecule has 0 aliphatic heterocycles. The number of hydrogen-bond acceptors (Lipinski definition) is 4. The molecule has 0 saturated carbocycles. The number of halogens is 2. The summed E-state index contributed by atoms with van der Waals surface area (Å²) in [6.45, 7) is 6.93. The zero-order valence-corrected chi connectivity index (χ0v) is 14.5. The normalized spacial score (nSPS) is 10.8. The summed E-state index contributed by atoms with van der Waals surface area (Å²) in [5.74, 6) is 1.93. The molecular weight excluding hydrogens is 354 g/mol. The third-order valence-corrected chi connectivity index (χ3v) is 3.60. The first-order chi connectivity index (χ1) is 10.0. The van der Waals surface area contributed by atoms with Crippen molar-refractivity contribution in [2.75, 3.05) is 11.9 Å². The molecule has 1 heterocycles. The van der Waals surface area contributed by atoms with Crippen LogP contribution in [0.2, 0.25) is 5.02 Å². The standard InChI is InChI=1S/C15H17BrClN3O/c1-4-18-15-19-8-12(17)14(20-15)21-13-6-5-10(16)7-11(13)9(2)3/h5-9H,4H2,1-3H3,(H,18,19,20). The lowest BCUT2D eigenvalue weighted by Crippen LogP contribution is -2.03. The van der Waals surface area contributed by atoms with Gasteiger partial charge >= 0.3 is 0 Å². The van der Waals surface area contributed by atoms with Crippen LogP contribution in [0, 0.1) is 0 Å². The molecule has 0 amide bonds. The highest BCUT2D eigenvalue weighted by atomic mass is 79.9. The molecule has 0 radical (unpaired) electrons. The van der Waals surface area contributed by atoms with Gasteiger partial charge in [0, 0.05) is 11.0 Å². The first-order valence-electron chi connectivity index (χ1n) is 6.75. The van der Waals surface area contributed by atoms with Crippen LogP contribution in [0.1, 0.15) is 32.3 Å². The van der Waals surface area contributed by atoms with Crippen molar-refractivity contribution in [3.05, 3.63) is 39.5 Å². The minimum absolute atomic E-state index is 0.325. The molecule has 1 N–H and O–H groups in total. The van der Waals surface area contributed by atoms with Crippen LogP contribution in [0.5, 0.6) is 11.6 Å². The number of nitrogens with one attached hydrogen (secondary N) is 1. The van der Waals surface area contributed by atoms with Crippen molar-refractivity contribution in [1.82, 2.24) is 9.97 Å². The summed E-state index contributed by atoms with van der Waals surface area (Å²) in [6, 6.07) is 5.88. The fourth-order valence-corrected chi connectivity index (χ4v) is 2.34. The molecule has 2 aromatic rings. The average Bonchev–Trinajstić information content (AvgIpc) is 2.44. The fraction of sp³-hybridized carbons (Fsp3) is 0.333. The number of ether oxygens (including phenoxy) is 1. The Morgan fingerprint density at radius 1 is 1.38 bits per heavy atom. The average molecular weight is 371 g/mol. The minimum atomic E-state index is 0.325. The molecule has 0 aliphatic carbocycles. The molecule has 6 heteroatoms. The molecule has 112 valence electrons. The van der Waals surface area contributed by atoms with E-state index < -0.39 is 0 Å². The van der Waals surface area contributed by atoms with E-state index in [-0.39, 0.29) is 0 Å². The molecule has 21 heavy (non-hydrogen) atoms. The van der Waals surface area contributed by atoms with E-state index in [2.05, 4.69) is 45.1 Å². The maximum absolute atomic E-state index is 6.12. The lowest BCUT2D eigenvalue weighted by atomic mass is 10.0. The lowest BCUT2D eigenvalue weighted by Gasteiger charge is -2.14. The fourth-order valence-electron chi connectivity index (χ4n) is 1.83. The number of benzene rings is 1. The summed E-state index contributed by atoms with van der Waals surface area (Å²) in [5, 5.41) is 3.42. The van der Waals surface area contributed by atoms with E-state index >= 15 is 0 Å². The second kappa shape index (κ2) is 7.09. The van der Waals surface area contributed by atoms with Crippen molar-refractivity contribution in [2.24, 2.45) is 0 Å². The number of anilines is 1. The number of aromatic nitrogens is 2. The predicted molar refractivity (Wildman–Crippen MR) is 89.5 cm³/mol. The van der Waals surface area contributed by atoms with Gasteiger partial charge in [-0.15, -0.1) is 0 Å². The van der Waals surface area contributed by atoms with Gasteiger partial charge in [-0.3, -0.25) is 0 Å². The topological polar surface area (TPSA) is 47.0 Å². The summed E-state index contributed by atoms with van der Waals surface area (Å²) >= 11 is 9.60. The van der Waals surface area contributed by atoms with E-state index in [0.717, 1.165) is 22.3 Å². The van der Waals surface area contributed by atoms with Crippen LogP contribution in [-0.4, -0.2) is 16.5 Å². The van der Waals surface area contributed by atoms with E-state index in [1.54, 1.807) is 0 Å². The van der Waals surface area contributed by atoms with Crippen molar-refractivity contribution < 1.29 is 4.74 Å². The first-order valence-corrected chi connectivity index (χ1v) is 7.92. The van der Waals surface area contributed by atoms with Crippen molar-refractivity contribution in [3.8, 4) is 11.6 Å². The van der Waals surface area contributed by atoms with Crippen LogP contribution >= 0.6 is 27.5 Å². The summed E-state index contributed by atoms with van der Waals surface area (Å²) in [7, 11) is 0. The smallest absolute Gasteiger partial charge is 0.243 e. The third kappa shape index (κ3) is 4.08. The largest absolute Gasteiger partial charge is 0.437 e. The molecule has 0 spiro atoms. The van der Waals surface area contributed by atoms with E-state index in [0.29, 0.717) is 22.8 Å². The molecule has 1 aromatic heterocycles. The molecule has 0 aliphatic rings. The Kier molecular flexibility index (Phi) is 5.42. The van der Waals surface area contributed by atoms with E-state index in [1.165, 1.54) is 6.20 Å². The Bertz CT molecular complexity index is 634. The van der Waals surface area contributed by atoms with Crippen molar-refractivity contribution in [2.45, 2.75) is 26.7 Å². The van der Waals surface area contributed by atoms with Gasteiger partial charge in [0.2, 0.25) is 11.8 Å². The minimum Gasteiger partial charge on any atom is -0.437 e. The van der Waals surface area contributed by atoms with Gasteiger partial charge in [0.25, 0.3) is 0 Å². The molecule has 0 fully saturated rings. The number of nitrogens with zero attached hydrogens (tertiary/aromatic N) is 2. The molecule has 0 saturated heterocycles. The monoisotopic (exact) mass is 369 g/mol. The molecule has 0 atom stereocenters. The molecule has 0 unspecified atom stereocenters. The summed E-state index contributed by atoms with van der Waals surface area (Å²) < 4.78 is 6.91. The lowest BCUT2D eigenvalue weighted by molar-refractivity contribution is 0.454. The van der Waals surface area contributed by atoms with Crippen LogP contribution in [0.3, 0.4) is 0 Å². The Morgan fingerprint density at radius 2 is 2.14 bits per heavy atom. The van der Waals surface area contributed by atoms with Crippen LogP contribution in [0.15, 0.2) is 28.9 Å². The Labute approximate surface area is 138 Å². The Hall–Kier alpha value is -1.33. The van der Waals surface area contributed by atoms with E-state index in [1.807, 2.05) is 25.1 Å². The summed E-state index contributed by atoms with van der Waals surface area (Å²) in [6.07, 6.45) is 1.54. The first kappa shape index (κ1) is 16.0. The second-order valence-electron chi connectivity index (χ2n) is 4.82. The van der Waals surface area contributed by atoms with Crippen molar-refractivity contribution in [3.63, 3.8) is 0 Å². The zero-order valence-electron chi connectivity index (χ0n) is 12.2. The van der Waals surface area contributed by atoms with E-state index in [4.69, 9.17) is 16.3 Å². The number of hydrogen-bond donors (Lipinski definition) is 1. The van der Waals surface area contributed by atoms with Crippen LogP contribution in [0.4, 0.5) is 5.95 Å². The molecule has 2 rings (SSSR count). The quantitative estimate of drug-likeness (QED) is 0.782. The summed E-state index contributed by atoms with van der Waals surface area (Å²) in [5.41, 5.74) is 1.09. The predicted octanol–water partition coefficient (Wildman–Crippen LogP) is 5.24. The maximum atomic E-state index is 6.12. The highest BCUT2D eigenvalue weighted by Crippen LogP contribution is 2.34. The van der Waals surface area contributed by atoms with Gasteiger partial charge in [-0.05, 0) is 36.6 Å². The number of rotatable bonds is 5. The van der Waals surface area contributed by atoms with Crippen LogP contribution < -0.4 is 10.1 Å². The second-order valence-corrected chi connectivity index (χ2v) is 6.14. The maximum Gasteiger partial charge on any atom is 0.243 e. The van der Waals surface area contributed by atoms with Gasteiger partial charge in [-0.2, -0.15) is 4.98 Å². The van der Waals surface area contributed by atoms with Crippen molar-refractivity contribution in [1.29, 1.82) is 0 Å². The Morgan fingerprint density at radius 3 is 2.81 bits per heavy atom. The van der Waals surface area contributed by atoms with Gasteiger partial charge in [0.15, 0.2) is 0 Å². The molecule has 4 nitrogen and oxygen atoms in total. The van der Waals surface area contributed by atoms with Crippen LogP contribution in [0.25, 0.3) is 0 Å². The SMILES string of the molecule is CCNc1ncc(Cl)c(Oc2ccc(Br)cc2C(C)C)n1. The van der Waals surface area contributed by atoms with Gasteiger partial charge in [-0.25, -0.2) is 4.98 Å². The Balaban J connectivity index is 2.35. The van der Waals surface area contributed by atoms with Gasteiger partial charge < -0.3 is 10.1 Å². The van der Waals surface area contributed by atoms with Gasteiger partial charge in [0.05, 0.1) is 6.20 Å². The zero-order chi connectivity index (χ0) is 15.4. The third-order valence-electron chi connectivity index (χ3n) is 2.85. The van der Waals surface area contributed by atoms with Crippen molar-refractivity contribution >= 4 is 33.5 Å². The van der Waals surface area contributed by atoms with Gasteiger partial charge in [-0.1, -0.05) is 41.4 Å². The molecule has 1 aromatic carbocycles. The van der Waals surface area contributed by atoms with Gasteiger partial charge in [0.1, 0.15) is 10.8 Å². The van der Waals surface area contributed by atoms with E-state index in [9.17, 15) is 0 Å². The van der Waals surface area contributed by atoms with Crippen LogP contribution in [-0.2, 0) is 0 Å².